The standard InChI is InChI=1S/C17H22N2O/c1-4-17(5-2,12-18)16(20)19-11-13(3)10-14-8-6-7-9-15(14)19/h6-9,13H,4-5,10-11H2,1-3H3. The summed E-state index contributed by atoms with van der Waals surface area (Å²) in [5.41, 5.74) is 1.31. The minimum atomic E-state index is -0.885. The van der Waals surface area contributed by atoms with Gasteiger partial charge in [-0.3, -0.25) is 4.79 Å². The van der Waals surface area contributed by atoms with E-state index >= 15 is 0 Å². The lowest BCUT2D eigenvalue weighted by molar-refractivity contribution is -0.126. The van der Waals surface area contributed by atoms with Crippen LogP contribution in [0.3, 0.4) is 0 Å². The third-order valence-corrected chi connectivity index (χ3v) is 4.42. The second-order valence-corrected chi connectivity index (χ2v) is 5.75. The zero-order valence-electron chi connectivity index (χ0n) is 12.5. The molecule has 0 N–H and O–H groups in total. The van der Waals surface area contributed by atoms with E-state index in [0.29, 0.717) is 25.3 Å². The van der Waals surface area contributed by atoms with Gasteiger partial charge in [0.2, 0.25) is 5.91 Å². The maximum atomic E-state index is 12.9. The van der Waals surface area contributed by atoms with Gasteiger partial charge in [0.1, 0.15) is 5.41 Å². The average Bonchev–Trinajstić information content (AvgIpc) is 2.48. The number of rotatable bonds is 3. The molecule has 0 fully saturated rings. The Morgan fingerprint density at radius 3 is 2.65 bits per heavy atom. The van der Waals surface area contributed by atoms with Crippen molar-refractivity contribution in [2.75, 3.05) is 11.4 Å². The number of benzene rings is 1. The highest BCUT2D eigenvalue weighted by Gasteiger charge is 2.40. The van der Waals surface area contributed by atoms with Crippen molar-refractivity contribution in [3.05, 3.63) is 29.8 Å². The van der Waals surface area contributed by atoms with Crippen LogP contribution in [-0.4, -0.2) is 12.5 Å². The molecule has 0 aromatic heterocycles. The van der Waals surface area contributed by atoms with E-state index in [4.69, 9.17) is 0 Å². The van der Waals surface area contributed by atoms with Gasteiger partial charge in [0.15, 0.2) is 0 Å². The summed E-state index contributed by atoms with van der Waals surface area (Å²) in [4.78, 5) is 14.8. The van der Waals surface area contributed by atoms with Gasteiger partial charge in [-0.1, -0.05) is 39.0 Å². The number of fused-ring (bicyclic) bond motifs is 1. The van der Waals surface area contributed by atoms with Crippen LogP contribution in [0.2, 0.25) is 0 Å². The number of hydrogen-bond donors (Lipinski definition) is 0. The summed E-state index contributed by atoms with van der Waals surface area (Å²) in [6.45, 7) is 6.70. The van der Waals surface area contributed by atoms with Gasteiger partial charge < -0.3 is 4.90 Å². The molecular formula is C17H22N2O. The Hall–Kier alpha value is -1.82. The number of amides is 1. The molecule has 0 saturated heterocycles. The lowest BCUT2D eigenvalue weighted by atomic mass is 9.81. The summed E-state index contributed by atoms with van der Waals surface area (Å²) in [6, 6.07) is 10.3. The van der Waals surface area contributed by atoms with Crippen molar-refractivity contribution in [2.45, 2.75) is 40.0 Å². The normalized spacial score (nSPS) is 18.3. The second kappa shape index (κ2) is 5.66. The Kier molecular flexibility index (Phi) is 4.13. The molecule has 0 spiro atoms. The summed E-state index contributed by atoms with van der Waals surface area (Å²) < 4.78 is 0. The molecule has 1 aromatic rings. The Morgan fingerprint density at radius 1 is 1.40 bits per heavy atom. The molecule has 106 valence electrons. The Labute approximate surface area is 121 Å². The van der Waals surface area contributed by atoms with Crippen LogP contribution in [0.1, 0.15) is 39.2 Å². The molecule has 1 aliphatic heterocycles. The van der Waals surface area contributed by atoms with Crippen molar-refractivity contribution in [1.82, 2.24) is 0 Å². The SMILES string of the molecule is CCC(C#N)(CC)C(=O)N1CC(C)Cc2ccccc21. The predicted octanol–water partition coefficient (Wildman–Crippen LogP) is 3.54. The van der Waals surface area contributed by atoms with Crippen LogP contribution in [0.25, 0.3) is 0 Å². The van der Waals surface area contributed by atoms with Crippen molar-refractivity contribution in [3.63, 3.8) is 0 Å². The van der Waals surface area contributed by atoms with Crippen LogP contribution >= 0.6 is 0 Å². The third-order valence-electron chi connectivity index (χ3n) is 4.42. The second-order valence-electron chi connectivity index (χ2n) is 5.75. The van der Waals surface area contributed by atoms with Crippen molar-refractivity contribution in [2.24, 2.45) is 11.3 Å². The fourth-order valence-electron chi connectivity index (χ4n) is 3.01. The quantitative estimate of drug-likeness (QED) is 0.843. The molecule has 2 rings (SSSR count). The first-order valence-corrected chi connectivity index (χ1v) is 7.39. The lowest BCUT2D eigenvalue weighted by Gasteiger charge is -2.37. The number of carbonyl (C=O) groups is 1. The van der Waals surface area contributed by atoms with Crippen LogP contribution in [0.15, 0.2) is 24.3 Å². The largest absolute Gasteiger partial charge is 0.310 e. The van der Waals surface area contributed by atoms with Gasteiger partial charge in [-0.2, -0.15) is 5.26 Å². The smallest absolute Gasteiger partial charge is 0.247 e. The molecule has 20 heavy (non-hydrogen) atoms. The van der Waals surface area contributed by atoms with Crippen LogP contribution in [0.5, 0.6) is 0 Å². The predicted molar refractivity (Wildman–Crippen MR) is 80.3 cm³/mol. The van der Waals surface area contributed by atoms with E-state index in [9.17, 15) is 10.1 Å². The Bertz CT molecular complexity index is 540. The summed E-state index contributed by atoms with van der Waals surface area (Å²) in [6.07, 6.45) is 2.12. The molecule has 1 unspecified atom stereocenters. The number of anilines is 1. The first-order valence-electron chi connectivity index (χ1n) is 7.39. The van der Waals surface area contributed by atoms with Crippen LogP contribution in [-0.2, 0) is 11.2 Å². The molecule has 0 radical (unpaired) electrons. The molecule has 1 atom stereocenters. The van der Waals surface area contributed by atoms with Crippen LogP contribution in [0, 0.1) is 22.7 Å². The Morgan fingerprint density at radius 2 is 2.05 bits per heavy atom. The number of nitrogens with zero attached hydrogens (tertiary/aromatic N) is 2. The minimum absolute atomic E-state index is 0.0380. The summed E-state index contributed by atoms with van der Waals surface area (Å²) >= 11 is 0. The highest BCUT2D eigenvalue weighted by molar-refractivity contribution is 6.00. The molecular weight excluding hydrogens is 248 g/mol. The van der Waals surface area contributed by atoms with E-state index in [0.717, 1.165) is 12.1 Å². The van der Waals surface area contributed by atoms with Crippen molar-refractivity contribution in [1.29, 1.82) is 5.26 Å². The van der Waals surface area contributed by atoms with E-state index in [2.05, 4.69) is 19.1 Å². The highest BCUT2D eigenvalue weighted by Crippen LogP contribution is 2.35. The maximum absolute atomic E-state index is 12.9. The molecule has 1 aromatic carbocycles. The van der Waals surface area contributed by atoms with Gasteiger partial charge in [0, 0.05) is 12.2 Å². The van der Waals surface area contributed by atoms with Crippen molar-refractivity contribution in [3.8, 4) is 6.07 Å². The number of hydrogen-bond acceptors (Lipinski definition) is 2. The summed E-state index contributed by atoms with van der Waals surface area (Å²) in [5, 5.41) is 9.49. The fourth-order valence-corrected chi connectivity index (χ4v) is 3.01. The first kappa shape index (κ1) is 14.6. The summed E-state index contributed by atoms with van der Waals surface area (Å²) in [5.74, 6) is 0.392. The van der Waals surface area contributed by atoms with Crippen LogP contribution in [0.4, 0.5) is 5.69 Å². The minimum Gasteiger partial charge on any atom is -0.310 e. The van der Waals surface area contributed by atoms with Gasteiger partial charge in [-0.05, 0) is 36.8 Å². The molecule has 1 amide bonds. The zero-order chi connectivity index (χ0) is 14.8. The van der Waals surface area contributed by atoms with E-state index in [1.54, 1.807) is 0 Å². The molecule has 0 bridgehead atoms. The Balaban J connectivity index is 2.43. The highest BCUT2D eigenvalue weighted by atomic mass is 16.2. The zero-order valence-corrected chi connectivity index (χ0v) is 12.5. The molecule has 3 heteroatoms. The van der Waals surface area contributed by atoms with Gasteiger partial charge >= 0.3 is 0 Å². The van der Waals surface area contributed by atoms with Crippen LogP contribution < -0.4 is 4.90 Å². The summed E-state index contributed by atoms with van der Waals surface area (Å²) in [7, 11) is 0. The maximum Gasteiger partial charge on any atom is 0.247 e. The lowest BCUT2D eigenvalue weighted by Crippen LogP contribution is -2.47. The van der Waals surface area contributed by atoms with E-state index in [-0.39, 0.29) is 5.91 Å². The van der Waals surface area contributed by atoms with Gasteiger partial charge in [-0.25, -0.2) is 0 Å². The average molecular weight is 270 g/mol. The molecule has 0 saturated carbocycles. The third kappa shape index (κ3) is 2.31. The first-order chi connectivity index (χ1) is 9.57. The van der Waals surface area contributed by atoms with E-state index in [1.165, 1.54) is 5.56 Å². The van der Waals surface area contributed by atoms with Crippen molar-refractivity contribution < 1.29 is 4.79 Å². The van der Waals surface area contributed by atoms with E-state index in [1.807, 2.05) is 36.9 Å². The molecule has 3 nitrogen and oxygen atoms in total. The monoisotopic (exact) mass is 270 g/mol. The molecule has 1 heterocycles. The van der Waals surface area contributed by atoms with Gasteiger partial charge in [0.05, 0.1) is 6.07 Å². The van der Waals surface area contributed by atoms with E-state index < -0.39 is 5.41 Å². The molecule has 1 aliphatic rings. The number of para-hydroxylation sites is 1. The topological polar surface area (TPSA) is 44.1 Å². The number of nitriles is 1. The number of carbonyl (C=O) groups excluding carboxylic acids is 1. The van der Waals surface area contributed by atoms with Gasteiger partial charge in [0.25, 0.3) is 0 Å². The van der Waals surface area contributed by atoms with Gasteiger partial charge in [-0.15, -0.1) is 0 Å². The fraction of sp³-hybridized carbons (Fsp3) is 0.529. The molecule has 0 aliphatic carbocycles. The van der Waals surface area contributed by atoms with Crippen molar-refractivity contribution >= 4 is 11.6 Å².